The fourth-order valence-electron chi connectivity index (χ4n) is 0.908. The second-order valence-electron chi connectivity index (χ2n) is 3.10. The van der Waals surface area contributed by atoms with Crippen LogP contribution >= 0.6 is 11.6 Å². The lowest BCUT2D eigenvalue weighted by Gasteiger charge is -2.24. The summed E-state index contributed by atoms with van der Waals surface area (Å²) in [6, 6.07) is 0. The Bertz CT molecular complexity index is 270. The molecule has 0 aromatic rings. The Balaban J connectivity index is 2.50. The Kier molecular flexibility index (Phi) is 3.12. The van der Waals surface area contributed by atoms with Gasteiger partial charge in [0.15, 0.2) is 0 Å². The molecule has 1 atom stereocenters. The lowest BCUT2D eigenvalue weighted by molar-refractivity contribution is -0.314. The maximum Gasteiger partial charge on any atom is 0.339 e. The van der Waals surface area contributed by atoms with E-state index in [1.807, 2.05) is 13.0 Å². The fraction of sp³-hybridized carbons (Fsp3) is 0.444. The summed E-state index contributed by atoms with van der Waals surface area (Å²) in [7, 11) is 0. The molecular weight excluding hydrogens is 192 g/mol. The van der Waals surface area contributed by atoms with E-state index in [0.29, 0.717) is 11.5 Å². The molecule has 1 aliphatic rings. The predicted molar refractivity (Wildman–Crippen MR) is 48.9 cm³/mol. The van der Waals surface area contributed by atoms with Crippen molar-refractivity contribution in [3.63, 3.8) is 0 Å². The van der Waals surface area contributed by atoms with Gasteiger partial charge in [0.25, 0.3) is 0 Å². The van der Waals surface area contributed by atoms with E-state index in [-0.39, 0.29) is 0 Å². The van der Waals surface area contributed by atoms with Crippen molar-refractivity contribution >= 4 is 17.6 Å². The zero-order chi connectivity index (χ0) is 9.90. The average molecular weight is 203 g/mol. The summed E-state index contributed by atoms with van der Waals surface area (Å²) in [4.78, 5) is 19.9. The highest BCUT2D eigenvalue weighted by Crippen LogP contribution is 2.25. The van der Waals surface area contributed by atoms with Gasteiger partial charge in [-0.15, -0.1) is 0 Å². The summed E-state index contributed by atoms with van der Waals surface area (Å²) < 4.78 is 0. The first-order chi connectivity index (χ1) is 6.02. The summed E-state index contributed by atoms with van der Waals surface area (Å²) in [6.07, 6.45) is 5.88. The second kappa shape index (κ2) is 3.94. The van der Waals surface area contributed by atoms with Crippen molar-refractivity contribution in [2.75, 3.05) is 0 Å². The van der Waals surface area contributed by atoms with E-state index >= 15 is 0 Å². The minimum Gasteiger partial charge on any atom is -0.298 e. The SMILES string of the molecule is CC(=O)OOC1(C)C=CC(Cl)=CC1. The van der Waals surface area contributed by atoms with Crippen molar-refractivity contribution in [3.8, 4) is 0 Å². The van der Waals surface area contributed by atoms with Gasteiger partial charge in [0.1, 0.15) is 5.60 Å². The van der Waals surface area contributed by atoms with Gasteiger partial charge in [-0.2, -0.15) is 4.89 Å². The molecule has 72 valence electrons. The van der Waals surface area contributed by atoms with Gasteiger partial charge in [-0.25, -0.2) is 4.79 Å². The summed E-state index contributed by atoms with van der Waals surface area (Å²) in [5.74, 6) is -0.463. The number of rotatable bonds is 2. The van der Waals surface area contributed by atoms with Crippen LogP contribution in [0.4, 0.5) is 0 Å². The summed E-state index contributed by atoms with van der Waals surface area (Å²) in [5, 5.41) is 0.670. The van der Waals surface area contributed by atoms with E-state index in [9.17, 15) is 4.79 Å². The Hall–Kier alpha value is -0.800. The van der Waals surface area contributed by atoms with Gasteiger partial charge in [0.05, 0.1) is 0 Å². The minimum absolute atomic E-state index is 0.463. The molecule has 0 aromatic carbocycles. The molecule has 0 heterocycles. The maximum absolute atomic E-state index is 10.5. The van der Waals surface area contributed by atoms with E-state index < -0.39 is 11.6 Å². The van der Waals surface area contributed by atoms with Gasteiger partial charge in [0, 0.05) is 18.4 Å². The van der Waals surface area contributed by atoms with Crippen molar-refractivity contribution in [3.05, 3.63) is 23.3 Å². The zero-order valence-electron chi connectivity index (χ0n) is 7.54. The molecule has 1 aliphatic carbocycles. The molecular formula is C9H11ClO3. The number of allylic oxidation sites excluding steroid dienone is 2. The van der Waals surface area contributed by atoms with Crippen LogP contribution < -0.4 is 0 Å². The number of carbonyl (C=O) groups is 1. The van der Waals surface area contributed by atoms with Gasteiger partial charge < -0.3 is 0 Å². The molecule has 1 rings (SSSR count). The lowest BCUT2D eigenvalue weighted by atomic mass is 9.98. The Morgan fingerprint density at radius 3 is 2.85 bits per heavy atom. The lowest BCUT2D eigenvalue weighted by Crippen LogP contribution is -2.27. The molecule has 3 nitrogen and oxygen atoms in total. The molecule has 13 heavy (non-hydrogen) atoms. The first-order valence-corrected chi connectivity index (χ1v) is 4.31. The van der Waals surface area contributed by atoms with Crippen LogP contribution in [0.1, 0.15) is 20.3 Å². The summed E-state index contributed by atoms with van der Waals surface area (Å²) in [6.45, 7) is 3.10. The largest absolute Gasteiger partial charge is 0.339 e. The normalized spacial score (nSPS) is 26.8. The first-order valence-electron chi connectivity index (χ1n) is 3.93. The molecule has 0 amide bonds. The van der Waals surface area contributed by atoms with Gasteiger partial charge >= 0.3 is 5.97 Å². The molecule has 0 radical (unpaired) electrons. The first kappa shape index (κ1) is 10.3. The third kappa shape index (κ3) is 3.20. The van der Waals surface area contributed by atoms with Crippen LogP contribution in [0.15, 0.2) is 23.3 Å². The highest BCUT2D eigenvalue weighted by atomic mass is 35.5. The molecule has 0 bridgehead atoms. The van der Waals surface area contributed by atoms with E-state index in [0.717, 1.165) is 0 Å². The molecule has 4 heteroatoms. The minimum atomic E-state index is -0.593. The summed E-state index contributed by atoms with van der Waals surface area (Å²) >= 11 is 5.72. The highest BCUT2D eigenvalue weighted by molar-refractivity contribution is 6.31. The van der Waals surface area contributed by atoms with Crippen molar-refractivity contribution in [2.24, 2.45) is 0 Å². The molecule has 0 fully saturated rings. The van der Waals surface area contributed by atoms with Crippen LogP contribution in [0, 0.1) is 0 Å². The molecule has 0 N–H and O–H groups in total. The van der Waals surface area contributed by atoms with Crippen LogP contribution in [-0.2, 0) is 14.6 Å². The number of halogens is 1. The Morgan fingerprint density at radius 1 is 1.69 bits per heavy atom. The van der Waals surface area contributed by atoms with E-state index in [1.54, 1.807) is 12.2 Å². The molecule has 0 saturated heterocycles. The van der Waals surface area contributed by atoms with E-state index in [4.69, 9.17) is 16.5 Å². The quantitative estimate of drug-likeness (QED) is 0.509. The average Bonchev–Trinajstić information content (AvgIpc) is 2.08. The smallest absolute Gasteiger partial charge is 0.298 e. The molecule has 0 aliphatic heterocycles. The van der Waals surface area contributed by atoms with Gasteiger partial charge in [-0.1, -0.05) is 17.7 Å². The van der Waals surface area contributed by atoms with Crippen molar-refractivity contribution in [1.82, 2.24) is 0 Å². The standard InChI is InChI=1S/C9H11ClO3/c1-7(11)12-13-9(2)5-3-8(10)4-6-9/h3-5H,6H2,1-2H3. The fourth-order valence-corrected chi connectivity index (χ4v) is 1.05. The van der Waals surface area contributed by atoms with Crippen molar-refractivity contribution in [1.29, 1.82) is 0 Å². The van der Waals surface area contributed by atoms with Gasteiger partial charge in [-0.05, 0) is 19.1 Å². The topological polar surface area (TPSA) is 35.5 Å². The van der Waals surface area contributed by atoms with Crippen LogP contribution in [0.3, 0.4) is 0 Å². The molecule has 0 saturated carbocycles. The van der Waals surface area contributed by atoms with Crippen LogP contribution in [0.25, 0.3) is 0 Å². The maximum atomic E-state index is 10.5. The number of carbonyl (C=O) groups excluding carboxylic acids is 1. The number of hydrogen-bond acceptors (Lipinski definition) is 3. The third-order valence-corrected chi connectivity index (χ3v) is 1.93. The van der Waals surface area contributed by atoms with Crippen LogP contribution in [0.5, 0.6) is 0 Å². The van der Waals surface area contributed by atoms with Gasteiger partial charge in [-0.3, -0.25) is 4.89 Å². The van der Waals surface area contributed by atoms with E-state index in [1.165, 1.54) is 6.92 Å². The highest BCUT2D eigenvalue weighted by Gasteiger charge is 2.25. The summed E-state index contributed by atoms with van der Waals surface area (Å²) in [5.41, 5.74) is -0.593. The molecule has 1 unspecified atom stereocenters. The Labute approximate surface area is 81.9 Å². The second-order valence-corrected chi connectivity index (χ2v) is 3.53. The zero-order valence-corrected chi connectivity index (χ0v) is 8.30. The Morgan fingerprint density at radius 2 is 2.38 bits per heavy atom. The van der Waals surface area contributed by atoms with Crippen molar-refractivity contribution < 1.29 is 14.6 Å². The molecule has 0 aromatic heterocycles. The van der Waals surface area contributed by atoms with Crippen LogP contribution in [-0.4, -0.2) is 11.6 Å². The van der Waals surface area contributed by atoms with Crippen LogP contribution in [0.2, 0.25) is 0 Å². The van der Waals surface area contributed by atoms with Gasteiger partial charge in [0.2, 0.25) is 0 Å². The predicted octanol–water partition coefficient (Wildman–Crippen LogP) is 2.32. The number of hydrogen-bond donors (Lipinski definition) is 0. The van der Waals surface area contributed by atoms with Crippen molar-refractivity contribution in [2.45, 2.75) is 25.9 Å². The third-order valence-electron chi connectivity index (χ3n) is 1.65. The molecule has 0 spiro atoms. The monoisotopic (exact) mass is 202 g/mol. The van der Waals surface area contributed by atoms with E-state index in [2.05, 4.69) is 4.89 Å².